The number of amides is 2. The molecular weight excluding hydrogens is 446 g/mol. The number of carbonyl (C=O) groups excluding carboxylic acids is 2. The molecule has 0 spiro atoms. The molecule has 35 heavy (non-hydrogen) atoms. The van der Waals surface area contributed by atoms with E-state index in [9.17, 15) is 9.59 Å². The van der Waals surface area contributed by atoms with Crippen LogP contribution in [0.5, 0.6) is 0 Å². The minimum absolute atomic E-state index is 0.00580. The zero-order chi connectivity index (χ0) is 24.0. The Hall–Kier alpha value is -4.24. The topological polar surface area (TPSA) is 102 Å². The number of aromatic nitrogens is 3. The lowest BCUT2D eigenvalue weighted by atomic mass is 10.1. The van der Waals surface area contributed by atoms with Crippen LogP contribution < -0.4 is 5.32 Å². The van der Waals surface area contributed by atoms with Gasteiger partial charge in [-0.2, -0.15) is 5.10 Å². The number of hydrogen-bond donors (Lipinski definition) is 1. The van der Waals surface area contributed by atoms with E-state index >= 15 is 0 Å². The Bertz CT molecular complexity index is 1270. The van der Waals surface area contributed by atoms with Gasteiger partial charge in [0.05, 0.1) is 54.0 Å². The molecule has 0 unspecified atom stereocenters. The van der Waals surface area contributed by atoms with Crippen molar-refractivity contribution in [3.05, 3.63) is 96.5 Å². The average Bonchev–Trinajstić information content (AvgIpc) is 3.61. The van der Waals surface area contributed by atoms with E-state index in [0.717, 1.165) is 24.2 Å². The number of pyridine rings is 1. The third kappa shape index (κ3) is 5.47. The molecule has 5 rings (SSSR count). The molecule has 4 aromatic rings. The molecule has 1 saturated heterocycles. The largest absolute Gasteiger partial charge is 0.472 e. The second kappa shape index (κ2) is 10.4. The molecule has 1 fully saturated rings. The van der Waals surface area contributed by atoms with Crippen LogP contribution in [-0.4, -0.2) is 50.7 Å². The lowest BCUT2D eigenvalue weighted by molar-refractivity contribution is -0.00785. The van der Waals surface area contributed by atoms with Crippen LogP contribution in [0.3, 0.4) is 0 Å². The highest BCUT2D eigenvalue weighted by molar-refractivity contribution is 6.03. The van der Waals surface area contributed by atoms with Crippen LogP contribution in [-0.2, 0) is 11.3 Å². The van der Waals surface area contributed by atoms with Gasteiger partial charge in [0.25, 0.3) is 11.8 Å². The molecule has 9 heteroatoms. The predicted octanol–water partition coefficient (Wildman–Crippen LogP) is 3.93. The van der Waals surface area contributed by atoms with Gasteiger partial charge in [0, 0.05) is 24.8 Å². The lowest BCUT2D eigenvalue weighted by Gasteiger charge is -2.32. The van der Waals surface area contributed by atoms with Gasteiger partial charge in [-0.3, -0.25) is 14.6 Å². The number of nitrogens with zero attached hydrogens (tertiary/aromatic N) is 4. The summed E-state index contributed by atoms with van der Waals surface area (Å²) < 4.78 is 12.6. The number of likely N-dealkylation sites (tertiary alicyclic amines) is 1. The van der Waals surface area contributed by atoms with Crippen LogP contribution in [0.2, 0.25) is 0 Å². The standard InChI is InChI=1S/C26H25N5O4/c32-25(20-10-13-34-17-20)29-22-14-28-31(15-22)23-8-6-19(7-9-23)26(33)30-12-3-5-24(16-30)35-18-21-4-1-2-11-27-21/h1-2,4,6-11,13-15,17,24H,3,5,12,16,18H2,(H,29,32)/t24-/m1/s1. The Labute approximate surface area is 202 Å². The molecule has 2 amide bonds. The molecule has 178 valence electrons. The number of piperidine rings is 1. The summed E-state index contributed by atoms with van der Waals surface area (Å²) >= 11 is 0. The van der Waals surface area contributed by atoms with E-state index < -0.39 is 0 Å². The van der Waals surface area contributed by atoms with Crippen LogP contribution in [0, 0.1) is 0 Å². The SMILES string of the molecule is O=C(Nc1cnn(-c2ccc(C(=O)N3CCC[C@@H](OCc4ccccn4)C3)cc2)c1)c1ccoc1. The first-order valence-electron chi connectivity index (χ1n) is 11.5. The summed E-state index contributed by atoms with van der Waals surface area (Å²) in [6.45, 7) is 1.71. The second-order valence-electron chi connectivity index (χ2n) is 8.33. The maximum atomic E-state index is 13.1. The first kappa shape index (κ1) is 22.5. The maximum absolute atomic E-state index is 13.1. The fraction of sp³-hybridized carbons (Fsp3) is 0.231. The number of nitrogens with one attached hydrogen (secondary N) is 1. The van der Waals surface area contributed by atoms with E-state index in [2.05, 4.69) is 15.4 Å². The monoisotopic (exact) mass is 471 g/mol. The van der Waals surface area contributed by atoms with Crippen LogP contribution >= 0.6 is 0 Å². The molecule has 3 aromatic heterocycles. The van der Waals surface area contributed by atoms with Crippen molar-refractivity contribution in [1.29, 1.82) is 0 Å². The van der Waals surface area contributed by atoms with Crippen LogP contribution in [0.1, 0.15) is 39.3 Å². The van der Waals surface area contributed by atoms with E-state index in [0.29, 0.717) is 36.5 Å². The van der Waals surface area contributed by atoms with Crippen molar-refractivity contribution in [1.82, 2.24) is 19.7 Å². The molecule has 0 bridgehead atoms. The maximum Gasteiger partial charge on any atom is 0.259 e. The van der Waals surface area contributed by atoms with Gasteiger partial charge in [-0.15, -0.1) is 0 Å². The number of rotatable bonds is 7. The Morgan fingerprint density at radius 1 is 1.11 bits per heavy atom. The highest BCUT2D eigenvalue weighted by Crippen LogP contribution is 2.19. The highest BCUT2D eigenvalue weighted by Gasteiger charge is 2.25. The predicted molar refractivity (Wildman–Crippen MR) is 128 cm³/mol. The number of ether oxygens (including phenoxy) is 1. The summed E-state index contributed by atoms with van der Waals surface area (Å²) in [5.41, 5.74) is 3.26. The molecule has 9 nitrogen and oxygen atoms in total. The van der Waals surface area contributed by atoms with Gasteiger partial charge in [0.1, 0.15) is 6.26 Å². The van der Waals surface area contributed by atoms with Gasteiger partial charge in [0.15, 0.2) is 0 Å². The van der Waals surface area contributed by atoms with Crippen molar-refractivity contribution < 1.29 is 18.7 Å². The van der Waals surface area contributed by atoms with E-state index in [-0.39, 0.29) is 17.9 Å². The van der Waals surface area contributed by atoms with Gasteiger partial charge in [-0.25, -0.2) is 4.68 Å². The molecule has 1 N–H and O–H groups in total. The van der Waals surface area contributed by atoms with Gasteiger partial charge < -0.3 is 19.4 Å². The number of carbonyl (C=O) groups is 2. The zero-order valence-corrected chi connectivity index (χ0v) is 19.0. The fourth-order valence-corrected chi connectivity index (χ4v) is 4.01. The van der Waals surface area contributed by atoms with E-state index in [1.165, 1.54) is 12.5 Å². The fourth-order valence-electron chi connectivity index (χ4n) is 4.01. The van der Waals surface area contributed by atoms with Gasteiger partial charge >= 0.3 is 0 Å². The third-order valence-electron chi connectivity index (χ3n) is 5.86. The van der Waals surface area contributed by atoms with Crippen molar-refractivity contribution in [2.24, 2.45) is 0 Å². The Kier molecular flexibility index (Phi) is 6.67. The van der Waals surface area contributed by atoms with Gasteiger partial charge in [0.2, 0.25) is 0 Å². The summed E-state index contributed by atoms with van der Waals surface area (Å²) in [6, 6.07) is 14.6. The van der Waals surface area contributed by atoms with Gasteiger partial charge in [-0.05, 0) is 55.3 Å². The lowest BCUT2D eigenvalue weighted by Crippen LogP contribution is -2.43. The minimum atomic E-state index is -0.275. The third-order valence-corrected chi connectivity index (χ3v) is 5.86. The summed E-state index contributed by atoms with van der Waals surface area (Å²) in [6.07, 6.45) is 9.67. The molecule has 0 saturated carbocycles. The van der Waals surface area contributed by atoms with Crippen LogP contribution in [0.25, 0.3) is 5.69 Å². The summed E-state index contributed by atoms with van der Waals surface area (Å²) in [4.78, 5) is 31.4. The average molecular weight is 472 g/mol. The smallest absolute Gasteiger partial charge is 0.259 e. The minimum Gasteiger partial charge on any atom is -0.472 e. The summed E-state index contributed by atoms with van der Waals surface area (Å²) in [5, 5.41) is 7.08. The number of hydrogen-bond acceptors (Lipinski definition) is 6. The number of benzene rings is 1. The van der Waals surface area contributed by atoms with E-state index in [1.807, 2.05) is 35.2 Å². The van der Waals surface area contributed by atoms with Crippen molar-refractivity contribution in [3.8, 4) is 5.69 Å². The number of anilines is 1. The summed E-state index contributed by atoms with van der Waals surface area (Å²) in [5.74, 6) is -0.292. The highest BCUT2D eigenvalue weighted by atomic mass is 16.5. The molecular formula is C26H25N5O4. The Balaban J connectivity index is 1.18. The molecule has 1 aliphatic heterocycles. The van der Waals surface area contributed by atoms with Crippen LogP contribution in [0.15, 0.2) is 84.1 Å². The first-order valence-corrected chi connectivity index (χ1v) is 11.5. The molecule has 4 heterocycles. The van der Waals surface area contributed by atoms with Crippen LogP contribution in [0.4, 0.5) is 5.69 Å². The first-order chi connectivity index (χ1) is 17.2. The molecule has 0 radical (unpaired) electrons. The van der Waals surface area contributed by atoms with Crippen molar-refractivity contribution in [2.75, 3.05) is 18.4 Å². The normalized spacial score (nSPS) is 15.7. The Morgan fingerprint density at radius 3 is 2.77 bits per heavy atom. The second-order valence-corrected chi connectivity index (χ2v) is 8.33. The Morgan fingerprint density at radius 2 is 2.00 bits per heavy atom. The molecule has 1 aromatic carbocycles. The molecule has 1 aliphatic rings. The quantitative estimate of drug-likeness (QED) is 0.438. The number of furan rings is 1. The van der Waals surface area contributed by atoms with Crippen molar-refractivity contribution in [2.45, 2.75) is 25.6 Å². The molecule has 0 aliphatic carbocycles. The van der Waals surface area contributed by atoms with E-state index in [4.69, 9.17) is 9.15 Å². The summed E-state index contributed by atoms with van der Waals surface area (Å²) in [7, 11) is 0. The molecule has 1 atom stereocenters. The zero-order valence-electron chi connectivity index (χ0n) is 19.0. The van der Waals surface area contributed by atoms with E-state index in [1.54, 1.807) is 41.5 Å². The van der Waals surface area contributed by atoms with Crippen molar-refractivity contribution >= 4 is 17.5 Å². The van der Waals surface area contributed by atoms with Gasteiger partial charge in [-0.1, -0.05) is 6.07 Å². The van der Waals surface area contributed by atoms with Crippen molar-refractivity contribution in [3.63, 3.8) is 0 Å².